The smallest absolute Gasteiger partial charge is 0.00501 e. The van der Waals surface area contributed by atoms with Gasteiger partial charge in [0.25, 0.3) is 0 Å². The van der Waals surface area contributed by atoms with Gasteiger partial charge < -0.3 is 10.2 Å². The molecule has 2 heteroatoms. The van der Waals surface area contributed by atoms with Crippen molar-refractivity contribution in [1.82, 2.24) is 10.2 Å². The van der Waals surface area contributed by atoms with Crippen LogP contribution < -0.4 is 5.32 Å². The van der Waals surface area contributed by atoms with Crippen LogP contribution in [0.15, 0.2) is 0 Å². The zero-order valence-electron chi connectivity index (χ0n) is 14.6. The second-order valence-electron chi connectivity index (χ2n) is 7.90. The van der Waals surface area contributed by atoms with Crippen molar-refractivity contribution in [2.24, 2.45) is 11.3 Å². The number of nitrogens with one attached hydrogen (secondary N) is 1. The summed E-state index contributed by atoms with van der Waals surface area (Å²) in [5.74, 6) is 0.955. The molecule has 0 aromatic heterocycles. The first-order valence-electron chi connectivity index (χ1n) is 9.67. The molecule has 1 aliphatic heterocycles. The summed E-state index contributed by atoms with van der Waals surface area (Å²) in [6.07, 6.45) is 14.3. The minimum absolute atomic E-state index is 0.570. The number of likely N-dealkylation sites (tertiary alicyclic amines) is 1. The van der Waals surface area contributed by atoms with E-state index in [1.165, 1.54) is 96.9 Å². The third-order valence-corrected chi connectivity index (χ3v) is 5.77. The first kappa shape index (κ1) is 17.3. The van der Waals surface area contributed by atoms with Gasteiger partial charge in [-0.25, -0.2) is 0 Å². The second kappa shape index (κ2) is 9.15. The molecule has 0 radical (unpaired) electrons. The Morgan fingerprint density at radius 3 is 2.24 bits per heavy atom. The van der Waals surface area contributed by atoms with Gasteiger partial charge in [0.1, 0.15) is 0 Å². The highest BCUT2D eigenvalue weighted by Crippen LogP contribution is 2.39. The molecule has 1 aliphatic carbocycles. The minimum atomic E-state index is 0.570. The van der Waals surface area contributed by atoms with Crippen LogP contribution in [0.4, 0.5) is 0 Å². The quantitative estimate of drug-likeness (QED) is 0.728. The zero-order valence-corrected chi connectivity index (χ0v) is 14.6. The van der Waals surface area contributed by atoms with Crippen LogP contribution in [0.2, 0.25) is 0 Å². The van der Waals surface area contributed by atoms with Crippen molar-refractivity contribution in [2.45, 2.75) is 78.1 Å². The summed E-state index contributed by atoms with van der Waals surface area (Å²) in [5.41, 5.74) is 0.570. The van der Waals surface area contributed by atoms with Gasteiger partial charge in [0.05, 0.1) is 0 Å². The lowest BCUT2D eigenvalue weighted by Crippen LogP contribution is -2.47. The molecule has 2 nitrogen and oxygen atoms in total. The topological polar surface area (TPSA) is 15.3 Å². The standard InChI is InChI=1S/C19H38N2/c1-3-13-20-16-19(11-9-18(2)10-12-19)17-21-14-7-5-4-6-8-15-21/h18,20H,3-17H2,1-2H3. The summed E-state index contributed by atoms with van der Waals surface area (Å²) >= 11 is 0. The van der Waals surface area contributed by atoms with Crippen molar-refractivity contribution in [3.05, 3.63) is 0 Å². The Labute approximate surface area is 133 Å². The average molecular weight is 295 g/mol. The molecule has 2 fully saturated rings. The second-order valence-corrected chi connectivity index (χ2v) is 7.90. The first-order valence-corrected chi connectivity index (χ1v) is 9.67. The van der Waals surface area contributed by atoms with Gasteiger partial charge in [-0.15, -0.1) is 0 Å². The number of rotatable bonds is 6. The lowest BCUT2D eigenvalue weighted by atomic mass is 9.70. The van der Waals surface area contributed by atoms with E-state index in [0.717, 1.165) is 5.92 Å². The fourth-order valence-electron chi connectivity index (χ4n) is 4.24. The van der Waals surface area contributed by atoms with E-state index in [9.17, 15) is 0 Å². The van der Waals surface area contributed by atoms with Gasteiger partial charge in [-0.1, -0.05) is 46.0 Å². The Hall–Kier alpha value is -0.0800. The van der Waals surface area contributed by atoms with Crippen molar-refractivity contribution < 1.29 is 0 Å². The summed E-state index contributed by atoms with van der Waals surface area (Å²) < 4.78 is 0. The van der Waals surface area contributed by atoms with Gasteiger partial charge in [0.2, 0.25) is 0 Å². The first-order chi connectivity index (χ1) is 10.2. The van der Waals surface area contributed by atoms with E-state index in [4.69, 9.17) is 0 Å². The maximum atomic E-state index is 3.75. The van der Waals surface area contributed by atoms with E-state index in [1.54, 1.807) is 0 Å². The molecule has 2 aliphatic rings. The molecule has 0 aromatic carbocycles. The van der Waals surface area contributed by atoms with Gasteiger partial charge >= 0.3 is 0 Å². The predicted octanol–water partition coefficient (Wildman–Crippen LogP) is 4.45. The Bertz CT molecular complexity index is 261. The Balaban J connectivity index is 1.90. The van der Waals surface area contributed by atoms with Crippen molar-refractivity contribution in [2.75, 3.05) is 32.7 Å². The molecule has 1 N–H and O–H groups in total. The highest BCUT2D eigenvalue weighted by Gasteiger charge is 2.35. The average Bonchev–Trinajstić information content (AvgIpc) is 2.45. The molecule has 1 saturated carbocycles. The van der Waals surface area contributed by atoms with Gasteiger partial charge in [-0.05, 0) is 63.1 Å². The van der Waals surface area contributed by atoms with Crippen molar-refractivity contribution >= 4 is 0 Å². The van der Waals surface area contributed by atoms with Crippen LogP contribution >= 0.6 is 0 Å². The third kappa shape index (κ3) is 5.90. The van der Waals surface area contributed by atoms with Crippen LogP contribution in [0, 0.1) is 11.3 Å². The van der Waals surface area contributed by atoms with Gasteiger partial charge in [0.15, 0.2) is 0 Å². The summed E-state index contributed by atoms with van der Waals surface area (Å²) in [6, 6.07) is 0. The maximum absolute atomic E-state index is 3.75. The molecule has 0 spiro atoms. The SMILES string of the molecule is CCCNCC1(CN2CCCCCCC2)CCC(C)CC1. The molecule has 1 heterocycles. The summed E-state index contributed by atoms with van der Waals surface area (Å²) in [4.78, 5) is 2.81. The molecule has 124 valence electrons. The Morgan fingerprint density at radius 2 is 1.62 bits per heavy atom. The lowest BCUT2D eigenvalue weighted by Gasteiger charge is -2.43. The van der Waals surface area contributed by atoms with E-state index in [0.29, 0.717) is 5.41 Å². The fourth-order valence-corrected chi connectivity index (χ4v) is 4.24. The van der Waals surface area contributed by atoms with Crippen molar-refractivity contribution in [3.8, 4) is 0 Å². The molecule has 2 rings (SSSR count). The van der Waals surface area contributed by atoms with E-state index in [-0.39, 0.29) is 0 Å². The van der Waals surface area contributed by atoms with Gasteiger partial charge in [0, 0.05) is 13.1 Å². The van der Waals surface area contributed by atoms with E-state index in [1.807, 2.05) is 0 Å². The normalized spacial score (nSPS) is 32.6. The molecule has 21 heavy (non-hydrogen) atoms. The molecule has 1 saturated heterocycles. The molecular formula is C19H38N2. The third-order valence-electron chi connectivity index (χ3n) is 5.77. The molecule has 0 unspecified atom stereocenters. The van der Waals surface area contributed by atoms with Crippen LogP contribution in [0.3, 0.4) is 0 Å². The van der Waals surface area contributed by atoms with Crippen molar-refractivity contribution in [3.63, 3.8) is 0 Å². The summed E-state index contributed by atoms with van der Waals surface area (Å²) in [7, 11) is 0. The Kier molecular flexibility index (Phi) is 7.53. The van der Waals surface area contributed by atoms with Crippen LogP contribution in [-0.2, 0) is 0 Å². The predicted molar refractivity (Wildman–Crippen MR) is 92.8 cm³/mol. The van der Waals surface area contributed by atoms with Gasteiger partial charge in [-0.2, -0.15) is 0 Å². The number of hydrogen-bond donors (Lipinski definition) is 1. The molecule has 0 bridgehead atoms. The van der Waals surface area contributed by atoms with Crippen molar-refractivity contribution in [1.29, 1.82) is 0 Å². The molecule has 0 aromatic rings. The summed E-state index contributed by atoms with van der Waals surface area (Å²) in [6.45, 7) is 11.2. The minimum Gasteiger partial charge on any atom is -0.316 e. The van der Waals surface area contributed by atoms with Crippen LogP contribution in [0.5, 0.6) is 0 Å². The molecule has 0 atom stereocenters. The zero-order chi connectivity index (χ0) is 15.0. The van der Waals surface area contributed by atoms with E-state index < -0.39 is 0 Å². The van der Waals surface area contributed by atoms with Crippen LogP contribution in [0.25, 0.3) is 0 Å². The van der Waals surface area contributed by atoms with Gasteiger partial charge in [-0.3, -0.25) is 0 Å². The highest BCUT2D eigenvalue weighted by atomic mass is 15.1. The van der Waals surface area contributed by atoms with Crippen LogP contribution in [0.1, 0.15) is 78.1 Å². The van der Waals surface area contributed by atoms with E-state index in [2.05, 4.69) is 24.1 Å². The summed E-state index contributed by atoms with van der Waals surface area (Å²) in [5, 5.41) is 3.75. The highest BCUT2D eigenvalue weighted by molar-refractivity contribution is 4.89. The lowest BCUT2D eigenvalue weighted by molar-refractivity contribution is 0.0819. The maximum Gasteiger partial charge on any atom is 0.00501 e. The Morgan fingerprint density at radius 1 is 1.00 bits per heavy atom. The largest absolute Gasteiger partial charge is 0.316 e. The molecule has 0 amide bonds. The fraction of sp³-hybridized carbons (Fsp3) is 1.00. The van der Waals surface area contributed by atoms with E-state index >= 15 is 0 Å². The molecular weight excluding hydrogens is 256 g/mol. The monoisotopic (exact) mass is 294 g/mol. The number of hydrogen-bond acceptors (Lipinski definition) is 2. The van der Waals surface area contributed by atoms with Crippen LogP contribution in [-0.4, -0.2) is 37.6 Å². The number of nitrogens with zero attached hydrogens (tertiary/aromatic N) is 1.